The summed E-state index contributed by atoms with van der Waals surface area (Å²) < 4.78 is 4.68. The van der Waals surface area contributed by atoms with Gasteiger partial charge >= 0.3 is 0 Å². The van der Waals surface area contributed by atoms with Crippen LogP contribution in [0.2, 0.25) is 0 Å². The molecule has 2 rings (SSSR count). The van der Waals surface area contributed by atoms with Gasteiger partial charge in [0, 0.05) is 6.07 Å². The number of hydrogen-bond acceptors (Lipinski definition) is 4. The summed E-state index contributed by atoms with van der Waals surface area (Å²) in [5, 5.41) is 3.72. The lowest BCUT2D eigenvalue weighted by Crippen LogP contribution is -2.18. The quantitative estimate of drug-likeness (QED) is 0.582. The monoisotopic (exact) mass is 139 g/mol. The minimum atomic E-state index is -0.221. The van der Waals surface area contributed by atoms with Gasteiger partial charge in [0.25, 0.3) is 0 Å². The molecule has 4 nitrogen and oxygen atoms in total. The standard InChI is InChI=1S/C6H9N3O/c7-5-3-4(9-10-5)6(8)1-2-6/h3H,1-2,7-8H2. The van der Waals surface area contributed by atoms with Gasteiger partial charge in [-0.25, -0.2) is 0 Å². The molecule has 0 bridgehead atoms. The van der Waals surface area contributed by atoms with Crippen LogP contribution in [0, 0.1) is 0 Å². The van der Waals surface area contributed by atoms with Crippen LogP contribution in [0.15, 0.2) is 10.6 Å². The van der Waals surface area contributed by atoms with Crippen molar-refractivity contribution in [3.05, 3.63) is 11.8 Å². The highest BCUT2D eigenvalue weighted by molar-refractivity contribution is 5.31. The minimum Gasteiger partial charge on any atom is -0.368 e. The van der Waals surface area contributed by atoms with Crippen molar-refractivity contribution in [2.75, 3.05) is 5.73 Å². The number of anilines is 1. The number of hydrogen-bond donors (Lipinski definition) is 2. The molecule has 1 aliphatic carbocycles. The molecule has 1 fully saturated rings. The Hall–Kier alpha value is -1.03. The van der Waals surface area contributed by atoms with Crippen LogP contribution < -0.4 is 11.5 Å². The lowest BCUT2D eigenvalue weighted by molar-refractivity contribution is 0.418. The lowest BCUT2D eigenvalue weighted by Gasteiger charge is -1.98. The van der Waals surface area contributed by atoms with Crippen LogP contribution in [-0.4, -0.2) is 5.16 Å². The van der Waals surface area contributed by atoms with Gasteiger partial charge in [0.1, 0.15) is 5.69 Å². The molecule has 54 valence electrons. The van der Waals surface area contributed by atoms with Crippen LogP contribution in [0.25, 0.3) is 0 Å². The van der Waals surface area contributed by atoms with E-state index in [0.717, 1.165) is 18.5 Å². The molecule has 0 atom stereocenters. The van der Waals surface area contributed by atoms with E-state index in [0.29, 0.717) is 5.88 Å². The van der Waals surface area contributed by atoms with Gasteiger partial charge in [-0.1, -0.05) is 5.16 Å². The topological polar surface area (TPSA) is 78.1 Å². The van der Waals surface area contributed by atoms with Gasteiger partial charge in [0.2, 0.25) is 5.88 Å². The smallest absolute Gasteiger partial charge is 0.222 e. The predicted octanol–water partition coefficient (Wildman–Crippen LogP) is 0.205. The average Bonchev–Trinajstić information content (AvgIpc) is 2.45. The maximum atomic E-state index is 5.80. The number of rotatable bonds is 1. The van der Waals surface area contributed by atoms with Gasteiger partial charge in [0.05, 0.1) is 5.54 Å². The van der Waals surface area contributed by atoms with Crippen molar-refractivity contribution in [3.8, 4) is 0 Å². The Kier molecular flexibility index (Phi) is 0.870. The molecule has 0 spiro atoms. The Balaban J connectivity index is 2.34. The predicted molar refractivity (Wildman–Crippen MR) is 36.0 cm³/mol. The summed E-state index contributed by atoms with van der Waals surface area (Å²) in [6.45, 7) is 0. The normalized spacial score (nSPS) is 20.9. The molecule has 0 aromatic carbocycles. The van der Waals surface area contributed by atoms with Crippen LogP contribution in [0.4, 0.5) is 5.88 Å². The summed E-state index contributed by atoms with van der Waals surface area (Å²) in [6.07, 6.45) is 1.97. The van der Waals surface area contributed by atoms with Gasteiger partial charge < -0.3 is 16.0 Å². The van der Waals surface area contributed by atoms with Crippen molar-refractivity contribution in [1.29, 1.82) is 0 Å². The highest BCUT2D eigenvalue weighted by Gasteiger charge is 2.42. The molecule has 4 heteroatoms. The summed E-state index contributed by atoms with van der Waals surface area (Å²) in [5.74, 6) is 0.340. The zero-order valence-electron chi connectivity index (χ0n) is 5.50. The fourth-order valence-electron chi connectivity index (χ4n) is 0.915. The molecule has 1 heterocycles. The molecule has 1 saturated carbocycles. The van der Waals surface area contributed by atoms with Gasteiger partial charge in [-0.05, 0) is 12.8 Å². The van der Waals surface area contributed by atoms with Crippen molar-refractivity contribution >= 4 is 5.88 Å². The fourth-order valence-corrected chi connectivity index (χ4v) is 0.915. The Morgan fingerprint density at radius 2 is 2.30 bits per heavy atom. The van der Waals surface area contributed by atoms with Gasteiger partial charge in [-0.15, -0.1) is 0 Å². The third kappa shape index (κ3) is 0.690. The molecule has 1 aromatic heterocycles. The van der Waals surface area contributed by atoms with E-state index in [1.807, 2.05) is 0 Å². The molecule has 1 aliphatic rings. The van der Waals surface area contributed by atoms with Gasteiger partial charge in [-0.2, -0.15) is 0 Å². The molecule has 0 saturated heterocycles. The van der Waals surface area contributed by atoms with Crippen molar-refractivity contribution < 1.29 is 4.52 Å². The Bertz CT molecular complexity index is 251. The van der Waals surface area contributed by atoms with E-state index in [1.54, 1.807) is 6.07 Å². The SMILES string of the molecule is Nc1cc(C2(N)CC2)no1. The average molecular weight is 139 g/mol. The first-order valence-electron chi connectivity index (χ1n) is 3.22. The largest absolute Gasteiger partial charge is 0.368 e. The van der Waals surface area contributed by atoms with Crippen LogP contribution in [0.3, 0.4) is 0 Å². The molecule has 0 amide bonds. The van der Waals surface area contributed by atoms with Crippen LogP contribution in [0.5, 0.6) is 0 Å². The van der Waals surface area contributed by atoms with Crippen LogP contribution in [-0.2, 0) is 5.54 Å². The first-order chi connectivity index (χ1) is 4.71. The second-order valence-electron chi connectivity index (χ2n) is 2.77. The summed E-state index contributed by atoms with van der Waals surface area (Å²) >= 11 is 0. The molecule has 4 N–H and O–H groups in total. The molecule has 0 aliphatic heterocycles. The second-order valence-corrected chi connectivity index (χ2v) is 2.77. The van der Waals surface area contributed by atoms with E-state index in [-0.39, 0.29) is 5.54 Å². The van der Waals surface area contributed by atoms with Crippen LogP contribution in [0.1, 0.15) is 18.5 Å². The first-order valence-corrected chi connectivity index (χ1v) is 3.22. The number of aromatic nitrogens is 1. The maximum absolute atomic E-state index is 5.80. The number of nitrogen functional groups attached to an aromatic ring is 1. The van der Waals surface area contributed by atoms with E-state index in [1.165, 1.54) is 0 Å². The van der Waals surface area contributed by atoms with Gasteiger partial charge in [-0.3, -0.25) is 0 Å². The van der Waals surface area contributed by atoms with Crippen molar-refractivity contribution in [2.45, 2.75) is 18.4 Å². The molecule has 0 unspecified atom stereocenters. The summed E-state index contributed by atoms with van der Waals surface area (Å²) in [5.41, 5.74) is 11.7. The van der Waals surface area contributed by atoms with Crippen molar-refractivity contribution in [3.63, 3.8) is 0 Å². The third-order valence-corrected chi connectivity index (χ3v) is 1.83. The summed E-state index contributed by atoms with van der Waals surface area (Å²) in [6, 6.07) is 1.69. The number of nitrogens with zero attached hydrogens (tertiary/aromatic N) is 1. The lowest BCUT2D eigenvalue weighted by atomic mass is 10.2. The zero-order valence-corrected chi connectivity index (χ0v) is 5.50. The van der Waals surface area contributed by atoms with Crippen LogP contribution >= 0.6 is 0 Å². The second kappa shape index (κ2) is 1.52. The van der Waals surface area contributed by atoms with E-state index in [2.05, 4.69) is 9.68 Å². The first kappa shape index (κ1) is 5.73. The molecule has 10 heavy (non-hydrogen) atoms. The highest BCUT2D eigenvalue weighted by Crippen LogP contribution is 2.42. The molecule has 1 aromatic rings. The van der Waals surface area contributed by atoms with E-state index >= 15 is 0 Å². The summed E-state index contributed by atoms with van der Waals surface area (Å²) in [7, 11) is 0. The van der Waals surface area contributed by atoms with Crippen molar-refractivity contribution in [1.82, 2.24) is 5.16 Å². The van der Waals surface area contributed by atoms with Crippen molar-refractivity contribution in [2.24, 2.45) is 5.73 Å². The number of nitrogens with two attached hydrogens (primary N) is 2. The Morgan fingerprint density at radius 1 is 1.60 bits per heavy atom. The minimum absolute atomic E-state index is 0.221. The van der Waals surface area contributed by atoms with E-state index in [4.69, 9.17) is 11.5 Å². The third-order valence-electron chi connectivity index (χ3n) is 1.83. The van der Waals surface area contributed by atoms with E-state index < -0.39 is 0 Å². The fraction of sp³-hybridized carbons (Fsp3) is 0.500. The Labute approximate surface area is 58.2 Å². The molecule has 0 radical (unpaired) electrons. The zero-order chi connectivity index (χ0) is 7.19. The van der Waals surface area contributed by atoms with E-state index in [9.17, 15) is 0 Å². The molecular weight excluding hydrogens is 130 g/mol. The van der Waals surface area contributed by atoms with Gasteiger partial charge in [0.15, 0.2) is 0 Å². The Morgan fingerprint density at radius 3 is 2.70 bits per heavy atom. The highest BCUT2D eigenvalue weighted by atomic mass is 16.5. The summed E-state index contributed by atoms with van der Waals surface area (Å²) in [4.78, 5) is 0. The molecular formula is C6H9N3O. The maximum Gasteiger partial charge on any atom is 0.222 e.